The molecule has 0 bridgehead atoms. The number of nitrogen functional groups attached to an aromatic ring is 2. The Kier molecular flexibility index (Phi) is 16.6. The van der Waals surface area contributed by atoms with Gasteiger partial charge in [0.2, 0.25) is 22.1 Å². The predicted molar refractivity (Wildman–Crippen MR) is 256 cm³/mol. The molecule has 0 spiro atoms. The number of fused-ring (bicyclic) bond motifs is 3. The van der Waals surface area contributed by atoms with E-state index < -0.39 is 105 Å². The summed E-state index contributed by atoms with van der Waals surface area (Å²) in [6, 6.07) is 11.1. The summed E-state index contributed by atoms with van der Waals surface area (Å²) in [7, 11) is -19.3. The Balaban J connectivity index is 0.942. The number of hydrogen-bond acceptors (Lipinski definition) is 20. The standard InChI is InChI=1S/C41H50N10O19P2S2/c1-50(39(54)22-10-5-4-9-21(22)29-23-12-14-25(42)35(73(61,62)63)32(23)69-33-24(29)13-15-26(43)36(33)74(64,65)66)18-8-11-28(52)45-16-6-2-3-7-17-46-41-49-30-37(44)47-20-48-38(30)51(41)40-34(70-72(58,59)60)31(53)27(68-40)19-67-71(55,56)57/h4-5,9-10,12-15,20,27,31,34,40,42,53H,2-3,6-8,11,16-19,43H2,1H3,(H,45,52)(H,46,49)(H2,44,47,48)(H2,55,56,57)(H2,58,59,60)(H,61,62,63)(H,64,65,66)/t27-,31-,34-,40-/m1/s1. The lowest BCUT2D eigenvalue weighted by Crippen LogP contribution is -2.47. The number of benzene rings is 3. The number of carbonyl (C=O) groups is 2. The molecule has 1 fully saturated rings. The van der Waals surface area contributed by atoms with Gasteiger partial charge in [0, 0.05) is 61.2 Å². The highest BCUT2D eigenvalue weighted by Crippen LogP contribution is 2.48. The predicted octanol–water partition coefficient (Wildman–Crippen LogP) is -0.194. The van der Waals surface area contributed by atoms with Gasteiger partial charge in [-0.3, -0.25) is 33.2 Å². The van der Waals surface area contributed by atoms with E-state index in [1.54, 1.807) is 12.1 Å². The first-order valence-electron chi connectivity index (χ1n) is 22.1. The van der Waals surface area contributed by atoms with Crippen LogP contribution in [-0.2, 0) is 47.9 Å². The van der Waals surface area contributed by atoms with Crippen molar-refractivity contribution < 1.29 is 93.0 Å². The molecular formula is C41H50N10O19P2S2. The Hall–Kier alpha value is -6.02. The minimum atomic E-state index is -5.36. The topological polar surface area (TPSA) is 470 Å². The first-order chi connectivity index (χ1) is 34.7. The van der Waals surface area contributed by atoms with Gasteiger partial charge < -0.3 is 65.4 Å². The van der Waals surface area contributed by atoms with Crippen molar-refractivity contribution in [2.45, 2.75) is 72.9 Å². The Bertz CT molecular complexity index is 3480. The highest BCUT2D eigenvalue weighted by molar-refractivity contribution is 7.86. The zero-order valence-electron chi connectivity index (χ0n) is 38.7. The number of anilines is 3. The zero-order chi connectivity index (χ0) is 54.1. The van der Waals surface area contributed by atoms with Gasteiger partial charge in [-0.2, -0.15) is 8.42 Å². The van der Waals surface area contributed by atoms with Crippen LogP contribution in [0.25, 0.3) is 44.6 Å². The average molecular weight is 1110 g/mol. The zero-order valence-corrected chi connectivity index (χ0v) is 42.2. The number of rotatable bonds is 22. The van der Waals surface area contributed by atoms with Gasteiger partial charge in [-0.25, -0.2) is 32.5 Å². The van der Waals surface area contributed by atoms with Crippen LogP contribution in [-0.4, -0.2) is 138 Å². The minimum absolute atomic E-state index is 0.00818. The summed E-state index contributed by atoms with van der Waals surface area (Å²) in [5, 5.41) is 22.2. The summed E-state index contributed by atoms with van der Waals surface area (Å²) >= 11 is 0. The van der Waals surface area contributed by atoms with Crippen molar-refractivity contribution in [3.05, 3.63) is 65.8 Å². The number of nitrogens with two attached hydrogens (primary N) is 3. The molecule has 29 nitrogen and oxygen atoms in total. The Labute approximate surface area is 419 Å². The Morgan fingerprint density at radius 3 is 2.31 bits per heavy atom. The van der Waals surface area contributed by atoms with E-state index in [-0.39, 0.29) is 82.4 Å². The van der Waals surface area contributed by atoms with Gasteiger partial charge in [-0.15, -0.1) is 0 Å². The van der Waals surface area contributed by atoms with Gasteiger partial charge in [0.1, 0.15) is 39.7 Å². The van der Waals surface area contributed by atoms with Crippen LogP contribution >= 0.6 is 15.6 Å². The first-order valence-corrected chi connectivity index (χ1v) is 28.0. The van der Waals surface area contributed by atoms with Gasteiger partial charge in [0.15, 0.2) is 34.6 Å². The number of hydrogen-bond donors (Lipinski definition) is 11. The molecule has 2 aromatic carbocycles. The van der Waals surface area contributed by atoms with Crippen molar-refractivity contribution in [2.75, 3.05) is 50.1 Å². The lowest BCUT2D eigenvalue weighted by atomic mass is 9.90. The third kappa shape index (κ3) is 12.6. The number of nitrogens with zero attached hydrogens (tertiary/aromatic N) is 5. The van der Waals surface area contributed by atoms with Crippen LogP contribution in [0.1, 0.15) is 55.1 Å². The molecule has 4 heterocycles. The Morgan fingerprint density at radius 2 is 1.64 bits per heavy atom. The maximum absolute atomic E-state index is 14.1. The number of unbranched alkanes of at least 4 members (excludes halogenated alkanes) is 3. The summed E-state index contributed by atoms with van der Waals surface area (Å²) in [6.45, 7) is -0.189. The van der Waals surface area contributed by atoms with Crippen LogP contribution in [0.2, 0.25) is 0 Å². The van der Waals surface area contributed by atoms with Crippen molar-refractivity contribution in [1.29, 1.82) is 0 Å². The number of carbonyl (C=O) groups excluding carboxylic acids is 2. The second-order valence-electron chi connectivity index (χ2n) is 16.8. The summed E-state index contributed by atoms with van der Waals surface area (Å²) in [4.78, 5) is 76.5. The lowest BCUT2D eigenvalue weighted by Gasteiger charge is -2.23. The molecular weight excluding hydrogens is 1060 g/mol. The molecule has 74 heavy (non-hydrogen) atoms. The van der Waals surface area contributed by atoms with Gasteiger partial charge in [-0.1, -0.05) is 31.0 Å². The molecule has 2 amide bonds. The van der Waals surface area contributed by atoms with E-state index in [1.807, 2.05) is 0 Å². The molecule has 3 aliphatic rings. The summed E-state index contributed by atoms with van der Waals surface area (Å²) < 4.78 is 118. The van der Waals surface area contributed by atoms with E-state index >= 15 is 0 Å². The van der Waals surface area contributed by atoms with Crippen molar-refractivity contribution in [3.8, 4) is 22.5 Å². The van der Waals surface area contributed by atoms with Crippen LogP contribution in [0, 0.1) is 0 Å². The summed E-state index contributed by atoms with van der Waals surface area (Å²) in [6.07, 6.45) is -2.98. The molecule has 1 aliphatic carbocycles. The maximum Gasteiger partial charge on any atom is 0.470 e. The fraction of sp³-hybridized carbons (Fsp3) is 0.366. The monoisotopic (exact) mass is 1110 g/mol. The third-order valence-corrected chi connectivity index (χ3v) is 14.5. The van der Waals surface area contributed by atoms with Crippen LogP contribution in [0.5, 0.6) is 0 Å². The number of phosphoric acid groups is 2. The number of amides is 2. The second kappa shape index (κ2) is 22.1. The smallest absolute Gasteiger partial charge is 0.470 e. The van der Waals surface area contributed by atoms with E-state index in [1.165, 1.54) is 46.8 Å². The molecule has 0 saturated carbocycles. The summed E-state index contributed by atoms with van der Waals surface area (Å²) in [5.41, 5.74) is 11.1. The van der Waals surface area contributed by atoms with Crippen molar-refractivity contribution >= 4 is 87.3 Å². The Morgan fingerprint density at radius 1 is 0.932 bits per heavy atom. The van der Waals surface area contributed by atoms with Gasteiger partial charge in [-0.05, 0) is 49.1 Å². The number of nitrogens with one attached hydrogen (secondary N) is 2. The molecule has 4 aromatic rings. The van der Waals surface area contributed by atoms with Gasteiger partial charge in [0.25, 0.3) is 5.91 Å². The molecule has 0 radical (unpaired) electrons. The minimum Gasteiger partial charge on any atom is -0.744 e. The molecule has 2 aliphatic heterocycles. The SMILES string of the molecule is CN(CCCC(=O)NCCCCCCNc1nc2c(N)ncnc2n1[C@@H]1O[C@H](COP(=O)(O)O)[C@@H](O)[C@H]1OP(=O)(O)O)C(=O)c1ccccc1-c1c2ccc(=[NH2+])c(S(=O)(=O)O)c-2oc2c(S(=O)(=O)[O-])c(N)ccc12. The fourth-order valence-corrected chi connectivity index (χ4v) is 10.8. The highest BCUT2D eigenvalue weighted by Gasteiger charge is 2.50. The molecule has 14 N–H and O–H groups in total. The number of ether oxygens (including phenoxy) is 1. The second-order valence-corrected chi connectivity index (χ2v) is 21.9. The highest BCUT2D eigenvalue weighted by atomic mass is 32.2. The van der Waals surface area contributed by atoms with Crippen molar-refractivity contribution in [2.24, 2.45) is 0 Å². The largest absolute Gasteiger partial charge is 0.744 e. The number of aliphatic hydroxyl groups is 1. The quantitative estimate of drug-likeness (QED) is 0.0138. The van der Waals surface area contributed by atoms with Crippen LogP contribution in [0.15, 0.2) is 69.1 Å². The van der Waals surface area contributed by atoms with Crippen LogP contribution in [0.4, 0.5) is 17.5 Å². The van der Waals surface area contributed by atoms with E-state index in [0.29, 0.717) is 32.2 Å². The normalized spacial score (nSPS) is 17.6. The molecule has 1 saturated heterocycles. The molecule has 4 atom stereocenters. The maximum atomic E-state index is 14.1. The third-order valence-electron chi connectivity index (χ3n) is 11.7. The molecule has 0 unspecified atom stereocenters. The average Bonchev–Trinajstić information content (AvgIpc) is 3.82. The molecule has 2 aromatic heterocycles. The number of aromatic nitrogens is 4. The lowest BCUT2D eigenvalue weighted by molar-refractivity contribution is -0.176. The number of phosphoric ester groups is 2. The summed E-state index contributed by atoms with van der Waals surface area (Å²) in [5.74, 6) is -1.49. The van der Waals surface area contributed by atoms with E-state index in [0.717, 1.165) is 12.4 Å². The molecule has 400 valence electrons. The van der Waals surface area contributed by atoms with E-state index in [4.69, 9.17) is 30.6 Å². The number of imidazole rings is 1. The van der Waals surface area contributed by atoms with E-state index in [2.05, 4.69) is 30.1 Å². The molecule has 7 rings (SSSR count). The first kappa shape index (κ1) is 55.7. The van der Waals surface area contributed by atoms with Gasteiger partial charge >= 0.3 is 25.8 Å². The fourth-order valence-electron chi connectivity index (χ4n) is 8.40. The van der Waals surface area contributed by atoms with Crippen molar-refractivity contribution in [3.63, 3.8) is 0 Å². The van der Waals surface area contributed by atoms with Gasteiger partial charge in [0.05, 0.1) is 12.3 Å². The van der Waals surface area contributed by atoms with E-state index in [9.17, 15) is 69.3 Å². The van der Waals surface area contributed by atoms with Crippen LogP contribution < -0.4 is 32.9 Å². The van der Waals surface area contributed by atoms with Crippen LogP contribution in [0.3, 0.4) is 0 Å². The van der Waals surface area contributed by atoms with Crippen molar-refractivity contribution in [1.82, 2.24) is 29.7 Å². The number of aliphatic hydroxyl groups excluding tert-OH is 1. The molecule has 33 heteroatoms.